The lowest BCUT2D eigenvalue weighted by Crippen LogP contribution is -2.08. The van der Waals surface area contributed by atoms with Gasteiger partial charge >= 0.3 is 0 Å². The highest BCUT2D eigenvalue weighted by Crippen LogP contribution is 2.29. The molecule has 3 rings (SSSR count). The van der Waals surface area contributed by atoms with Crippen LogP contribution in [0.25, 0.3) is 6.08 Å². The van der Waals surface area contributed by atoms with Crippen molar-refractivity contribution in [3.05, 3.63) is 95.5 Å². The monoisotopic (exact) mass is 349 g/mol. The maximum absolute atomic E-state index is 12.2. The second kappa shape index (κ2) is 8.18. The van der Waals surface area contributed by atoms with E-state index in [0.717, 1.165) is 5.56 Å². The van der Waals surface area contributed by atoms with Crippen LogP contribution in [0.5, 0.6) is 11.5 Å². The van der Waals surface area contributed by atoms with Crippen LogP contribution in [0.1, 0.15) is 5.56 Å². The van der Waals surface area contributed by atoms with Crippen molar-refractivity contribution in [3.63, 3.8) is 0 Å². The van der Waals surface area contributed by atoms with Crippen molar-refractivity contribution in [2.24, 2.45) is 0 Å². The normalized spacial score (nSPS) is 10.6. The molecular weight excluding hydrogens is 334 g/mol. The lowest BCUT2D eigenvalue weighted by molar-refractivity contribution is -0.111. The van der Waals surface area contributed by atoms with Crippen LogP contribution >= 0.6 is 11.6 Å². The molecule has 1 amide bonds. The fourth-order valence-corrected chi connectivity index (χ4v) is 2.43. The minimum absolute atomic E-state index is 0.246. The fourth-order valence-electron chi connectivity index (χ4n) is 2.23. The fraction of sp³-hybridized carbons (Fsp3) is 0. The second-order valence-corrected chi connectivity index (χ2v) is 5.73. The van der Waals surface area contributed by atoms with Gasteiger partial charge < -0.3 is 10.1 Å². The van der Waals surface area contributed by atoms with Crippen molar-refractivity contribution >= 4 is 29.3 Å². The first-order valence-electron chi connectivity index (χ1n) is 7.77. The topological polar surface area (TPSA) is 38.3 Å². The molecule has 4 heteroatoms. The van der Waals surface area contributed by atoms with Gasteiger partial charge in [0.25, 0.3) is 0 Å². The largest absolute Gasteiger partial charge is 0.455 e. The van der Waals surface area contributed by atoms with Crippen LogP contribution in [-0.4, -0.2) is 5.91 Å². The van der Waals surface area contributed by atoms with Crippen molar-refractivity contribution in [2.75, 3.05) is 5.32 Å². The molecule has 0 atom stereocenters. The summed E-state index contributed by atoms with van der Waals surface area (Å²) >= 11 is 5.94. The van der Waals surface area contributed by atoms with Crippen LogP contribution in [0.2, 0.25) is 5.02 Å². The second-order valence-electron chi connectivity index (χ2n) is 5.29. The van der Waals surface area contributed by atoms with Crippen LogP contribution in [0.15, 0.2) is 84.9 Å². The van der Waals surface area contributed by atoms with Gasteiger partial charge in [0.1, 0.15) is 5.75 Å². The predicted octanol–water partition coefficient (Wildman–Crippen LogP) is 5.78. The summed E-state index contributed by atoms with van der Waals surface area (Å²) in [5, 5.41) is 3.46. The predicted molar refractivity (Wildman–Crippen MR) is 102 cm³/mol. The molecule has 3 aromatic carbocycles. The molecule has 0 saturated carbocycles. The molecule has 0 heterocycles. The molecule has 0 unspecified atom stereocenters. The number of hydrogen-bond acceptors (Lipinski definition) is 2. The third kappa shape index (κ3) is 4.96. The van der Waals surface area contributed by atoms with E-state index in [1.54, 1.807) is 24.3 Å². The number of para-hydroxylation sites is 3. The minimum Gasteiger partial charge on any atom is -0.455 e. The number of ether oxygens (including phenoxy) is 1. The Balaban J connectivity index is 1.71. The smallest absolute Gasteiger partial charge is 0.248 e. The van der Waals surface area contributed by atoms with Gasteiger partial charge in [-0.15, -0.1) is 0 Å². The number of anilines is 1. The van der Waals surface area contributed by atoms with Crippen LogP contribution in [0.4, 0.5) is 5.69 Å². The maximum Gasteiger partial charge on any atom is 0.248 e. The van der Waals surface area contributed by atoms with Gasteiger partial charge in [-0.2, -0.15) is 0 Å². The molecule has 124 valence electrons. The zero-order valence-corrected chi connectivity index (χ0v) is 14.1. The summed E-state index contributed by atoms with van der Waals surface area (Å²) in [5.41, 5.74) is 1.46. The number of halogens is 1. The summed E-state index contributed by atoms with van der Waals surface area (Å²) in [6, 6.07) is 24.0. The van der Waals surface area contributed by atoms with E-state index in [0.29, 0.717) is 22.2 Å². The lowest BCUT2D eigenvalue weighted by atomic mass is 10.2. The van der Waals surface area contributed by atoms with E-state index in [9.17, 15) is 4.79 Å². The number of nitrogens with one attached hydrogen (secondary N) is 1. The highest BCUT2D eigenvalue weighted by Gasteiger charge is 2.06. The van der Waals surface area contributed by atoms with E-state index in [2.05, 4.69) is 5.32 Å². The van der Waals surface area contributed by atoms with Crippen molar-refractivity contribution in [3.8, 4) is 11.5 Å². The van der Waals surface area contributed by atoms with E-state index in [-0.39, 0.29) is 5.91 Å². The van der Waals surface area contributed by atoms with Crippen LogP contribution in [-0.2, 0) is 4.79 Å². The summed E-state index contributed by atoms with van der Waals surface area (Å²) in [5.74, 6) is 1.04. The standard InChI is InChI=1S/C21H16ClNO2/c22-17-8-6-7-16(15-17)13-14-21(24)23-19-11-4-5-12-20(19)25-18-9-2-1-3-10-18/h1-15H,(H,23,24). The van der Waals surface area contributed by atoms with Crippen LogP contribution in [0, 0.1) is 0 Å². The van der Waals surface area contributed by atoms with E-state index in [1.807, 2.05) is 60.7 Å². The Morgan fingerprint density at radius 3 is 2.48 bits per heavy atom. The number of hydrogen-bond donors (Lipinski definition) is 1. The molecule has 0 aliphatic heterocycles. The molecule has 0 radical (unpaired) electrons. The Bertz CT molecular complexity index is 891. The summed E-state index contributed by atoms with van der Waals surface area (Å²) < 4.78 is 5.83. The summed E-state index contributed by atoms with van der Waals surface area (Å²) in [7, 11) is 0. The first-order valence-corrected chi connectivity index (χ1v) is 8.15. The average Bonchev–Trinajstić information content (AvgIpc) is 2.63. The Morgan fingerprint density at radius 1 is 0.920 bits per heavy atom. The summed E-state index contributed by atoms with van der Waals surface area (Å²) in [6.45, 7) is 0. The molecule has 0 aliphatic rings. The van der Waals surface area contributed by atoms with Gasteiger partial charge in [-0.1, -0.05) is 54.1 Å². The zero-order valence-electron chi connectivity index (χ0n) is 13.4. The lowest BCUT2D eigenvalue weighted by Gasteiger charge is -2.11. The number of rotatable bonds is 5. The molecule has 0 fully saturated rings. The van der Waals surface area contributed by atoms with Gasteiger partial charge in [-0.05, 0) is 48.0 Å². The molecule has 0 aliphatic carbocycles. The Kier molecular flexibility index (Phi) is 5.50. The van der Waals surface area contributed by atoms with Crippen LogP contribution in [0.3, 0.4) is 0 Å². The molecule has 0 spiro atoms. The number of benzene rings is 3. The van der Waals surface area contributed by atoms with Gasteiger partial charge in [-0.25, -0.2) is 0 Å². The number of amides is 1. The SMILES string of the molecule is O=C(C=Cc1cccc(Cl)c1)Nc1ccccc1Oc1ccccc1. The zero-order chi connectivity index (χ0) is 17.5. The average molecular weight is 350 g/mol. The molecule has 0 bridgehead atoms. The minimum atomic E-state index is -0.246. The van der Waals surface area contributed by atoms with Crippen molar-refractivity contribution in [1.82, 2.24) is 0 Å². The highest BCUT2D eigenvalue weighted by atomic mass is 35.5. The van der Waals surface area contributed by atoms with Crippen molar-refractivity contribution in [1.29, 1.82) is 0 Å². The molecule has 0 aromatic heterocycles. The van der Waals surface area contributed by atoms with Crippen molar-refractivity contribution in [2.45, 2.75) is 0 Å². The first kappa shape index (κ1) is 16.8. The third-order valence-electron chi connectivity index (χ3n) is 3.39. The van der Waals surface area contributed by atoms with Crippen molar-refractivity contribution < 1.29 is 9.53 Å². The van der Waals surface area contributed by atoms with Crippen LogP contribution < -0.4 is 10.1 Å². The van der Waals surface area contributed by atoms with Gasteiger partial charge in [-0.3, -0.25) is 4.79 Å². The van der Waals surface area contributed by atoms with E-state index in [4.69, 9.17) is 16.3 Å². The number of carbonyl (C=O) groups is 1. The van der Waals surface area contributed by atoms with E-state index in [1.165, 1.54) is 6.08 Å². The van der Waals surface area contributed by atoms with Gasteiger partial charge in [0.15, 0.2) is 5.75 Å². The molecule has 1 N–H and O–H groups in total. The Hall–Kier alpha value is -3.04. The maximum atomic E-state index is 12.2. The highest BCUT2D eigenvalue weighted by molar-refractivity contribution is 6.30. The first-order chi connectivity index (χ1) is 12.2. The summed E-state index contributed by atoms with van der Waals surface area (Å²) in [6.07, 6.45) is 3.17. The molecule has 3 aromatic rings. The van der Waals surface area contributed by atoms with E-state index >= 15 is 0 Å². The molecule has 3 nitrogen and oxygen atoms in total. The van der Waals surface area contributed by atoms with Gasteiger partial charge in [0, 0.05) is 11.1 Å². The Morgan fingerprint density at radius 2 is 1.68 bits per heavy atom. The summed E-state index contributed by atoms with van der Waals surface area (Å²) in [4.78, 5) is 12.2. The quantitative estimate of drug-likeness (QED) is 0.592. The Labute approximate surface area is 151 Å². The van der Waals surface area contributed by atoms with Gasteiger partial charge in [0.05, 0.1) is 5.69 Å². The number of carbonyl (C=O) groups excluding carboxylic acids is 1. The third-order valence-corrected chi connectivity index (χ3v) is 3.63. The van der Waals surface area contributed by atoms with E-state index < -0.39 is 0 Å². The molecular formula is C21H16ClNO2. The van der Waals surface area contributed by atoms with Gasteiger partial charge in [0.2, 0.25) is 5.91 Å². The molecule has 25 heavy (non-hydrogen) atoms. The molecule has 0 saturated heterocycles.